The van der Waals surface area contributed by atoms with Gasteiger partial charge in [-0.2, -0.15) is 0 Å². The quantitative estimate of drug-likeness (QED) is 0.710. The van der Waals surface area contributed by atoms with E-state index in [1.807, 2.05) is 12.1 Å². The van der Waals surface area contributed by atoms with E-state index in [4.69, 9.17) is 4.74 Å². The zero-order valence-corrected chi connectivity index (χ0v) is 14.9. The molecule has 2 aromatic rings. The fourth-order valence-electron chi connectivity index (χ4n) is 2.73. The van der Waals surface area contributed by atoms with Crippen molar-refractivity contribution in [1.29, 1.82) is 0 Å². The molecule has 21 heavy (non-hydrogen) atoms. The molecule has 0 radical (unpaired) electrons. The Hall–Kier alpha value is -1.00. The van der Waals surface area contributed by atoms with Gasteiger partial charge in [0.2, 0.25) is 0 Å². The van der Waals surface area contributed by atoms with Gasteiger partial charge < -0.3 is 10.1 Å². The number of methoxy groups -OCH3 is 1. The standard InChI is InChI=1S/C17H17Br2NO/c1-21-17-10-14(6-7-16(17)19)20-15-8-12(9-15)11-2-4-13(18)5-3-11/h2-7,10,12,15,20H,8-9H2,1H3. The minimum atomic E-state index is 0.546. The third kappa shape index (κ3) is 3.43. The summed E-state index contributed by atoms with van der Waals surface area (Å²) in [5.41, 5.74) is 2.55. The van der Waals surface area contributed by atoms with Gasteiger partial charge in [-0.25, -0.2) is 0 Å². The maximum Gasteiger partial charge on any atom is 0.135 e. The average molecular weight is 411 g/mol. The molecule has 0 unspecified atom stereocenters. The first-order valence-corrected chi connectivity index (χ1v) is 8.60. The van der Waals surface area contributed by atoms with Gasteiger partial charge in [0.25, 0.3) is 0 Å². The van der Waals surface area contributed by atoms with Crippen LogP contribution in [0.2, 0.25) is 0 Å². The van der Waals surface area contributed by atoms with E-state index in [2.05, 4.69) is 67.5 Å². The molecule has 1 saturated carbocycles. The fraction of sp³-hybridized carbons (Fsp3) is 0.294. The lowest BCUT2D eigenvalue weighted by molar-refractivity contribution is 0.373. The Kier molecular flexibility index (Phi) is 4.55. The van der Waals surface area contributed by atoms with Crippen molar-refractivity contribution >= 4 is 37.5 Å². The maximum atomic E-state index is 5.33. The highest BCUT2D eigenvalue weighted by molar-refractivity contribution is 9.10. The number of ether oxygens (including phenoxy) is 1. The van der Waals surface area contributed by atoms with Gasteiger partial charge in [-0.05, 0) is 64.5 Å². The van der Waals surface area contributed by atoms with Crippen molar-refractivity contribution in [3.8, 4) is 5.75 Å². The van der Waals surface area contributed by atoms with E-state index in [-0.39, 0.29) is 0 Å². The molecule has 110 valence electrons. The summed E-state index contributed by atoms with van der Waals surface area (Å²) in [5.74, 6) is 1.54. The second-order valence-electron chi connectivity index (χ2n) is 5.41. The summed E-state index contributed by atoms with van der Waals surface area (Å²) >= 11 is 6.96. The number of hydrogen-bond acceptors (Lipinski definition) is 2. The van der Waals surface area contributed by atoms with Crippen molar-refractivity contribution in [2.24, 2.45) is 0 Å². The van der Waals surface area contributed by atoms with Crippen molar-refractivity contribution in [1.82, 2.24) is 0 Å². The minimum absolute atomic E-state index is 0.546. The molecule has 0 spiro atoms. The molecule has 0 heterocycles. The molecule has 3 rings (SSSR count). The Bertz CT molecular complexity index is 621. The molecule has 2 nitrogen and oxygen atoms in total. The van der Waals surface area contributed by atoms with Crippen LogP contribution in [0.15, 0.2) is 51.4 Å². The third-order valence-corrected chi connectivity index (χ3v) is 5.19. The summed E-state index contributed by atoms with van der Waals surface area (Å²) in [5, 5.41) is 3.58. The van der Waals surface area contributed by atoms with Gasteiger partial charge in [0.05, 0.1) is 11.6 Å². The smallest absolute Gasteiger partial charge is 0.135 e. The topological polar surface area (TPSA) is 21.3 Å². The summed E-state index contributed by atoms with van der Waals surface area (Å²) in [6.07, 6.45) is 2.36. The highest BCUT2D eigenvalue weighted by Gasteiger charge is 2.30. The molecule has 0 amide bonds. The van der Waals surface area contributed by atoms with Crippen molar-refractivity contribution in [3.63, 3.8) is 0 Å². The molecule has 0 saturated heterocycles. The summed E-state index contributed by atoms with van der Waals surface area (Å²) in [4.78, 5) is 0. The van der Waals surface area contributed by atoms with Crippen molar-refractivity contribution in [2.45, 2.75) is 24.8 Å². The van der Waals surface area contributed by atoms with Crippen molar-refractivity contribution < 1.29 is 4.74 Å². The molecule has 0 atom stereocenters. The Labute approximate surface area is 142 Å². The molecule has 1 fully saturated rings. The van der Waals surface area contributed by atoms with E-state index < -0.39 is 0 Å². The summed E-state index contributed by atoms with van der Waals surface area (Å²) in [6.45, 7) is 0. The number of rotatable bonds is 4. The van der Waals surface area contributed by atoms with Crippen LogP contribution in [0.5, 0.6) is 5.75 Å². The molecule has 1 aliphatic carbocycles. The first kappa shape index (κ1) is 14.9. The van der Waals surface area contributed by atoms with Crippen LogP contribution in [-0.2, 0) is 0 Å². The lowest BCUT2D eigenvalue weighted by atomic mass is 9.76. The van der Waals surface area contributed by atoms with Crippen molar-refractivity contribution in [3.05, 3.63) is 57.0 Å². The molecule has 4 heteroatoms. The van der Waals surface area contributed by atoms with E-state index in [0.717, 1.165) is 20.4 Å². The van der Waals surface area contributed by atoms with E-state index >= 15 is 0 Å². The molecule has 0 aromatic heterocycles. The Morgan fingerprint density at radius 2 is 1.76 bits per heavy atom. The first-order chi connectivity index (χ1) is 10.2. The Morgan fingerprint density at radius 1 is 1.05 bits per heavy atom. The number of halogens is 2. The lowest BCUT2D eigenvalue weighted by Crippen LogP contribution is -2.33. The predicted molar refractivity (Wildman–Crippen MR) is 94.2 cm³/mol. The van der Waals surface area contributed by atoms with Crippen LogP contribution in [0.4, 0.5) is 5.69 Å². The number of benzene rings is 2. The van der Waals surface area contributed by atoms with Gasteiger partial charge in [-0.1, -0.05) is 28.1 Å². The van der Waals surface area contributed by atoms with Crippen LogP contribution in [0.3, 0.4) is 0 Å². The van der Waals surface area contributed by atoms with E-state index in [1.54, 1.807) is 7.11 Å². The van der Waals surface area contributed by atoms with Crippen LogP contribution in [-0.4, -0.2) is 13.2 Å². The van der Waals surface area contributed by atoms with Gasteiger partial charge >= 0.3 is 0 Å². The zero-order valence-electron chi connectivity index (χ0n) is 11.8. The van der Waals surface area contributed by atoms with E-state index in [0.29, 0.717) is 12.0 Å². The number of nitrogens with one attached hydrogen (secondary N) is 1. The van der Waals surface area contributed by atoms with Gasteiger partial charge in [-0.3, -0.25) is 0 Å². The van der Waals surface area contributed by atoms with Gasteiger partial charge in [-0.15, -0.1) is 0 Å². The summed E-state index contributed by atoms with van der Waals surface area (Å²) in [6, 6.07) is 15.4. The van der Waals surface area contributed by atoms with Crippen LogP contribution >= 0.6 is 31.9 Å². The van der Waals surface area contributed by atoms with E-state index in [9.17, 15) is 0 Å². The summed E-state index contributed by atoms with van der Waals surface area (Å²) < 4.78 is 7.45. The van der Waals surface area contributed by atoms with Gasteiger partial charge in [0.15, 0.2) is 0 Å². The van der Waals surface area contributed by atoms with Crippen LogP contribution < -0.4 is 10.1 Å². The molecule has 1 aliphatic rings. The monoisotopic (exact) mass is 409 g/mol. The second kappa shape index (κ2) is 6.41. The normalized spacial score (nSPS) is 20.7. The lowest BCUT2D eigenvalue weighted by Gasteiger charge is -2.37. The molecule has 2 aromatic carbocycles. The van der Waals surface area contributed by atoms with Gasteiger partial charge in [0, 0.05) is 22.3 Å². The average Bonchev–Trinajstić information content (AvgIpc) is 2.45. The van der Waals surface area contributed by atoms with Crippen molar-refractivity contribution in [2.75, 3.05) is 12.4 Å². The molecular formula is C17H17Br2NO. The Balaban J connectivity index is 1.58. The molecule has 0 bridgehead atoms. The SMILES string of the molecule is COc1cc(NC2CC(c3ccc(Br)cc3)C2)ccc1Br. The Morgan fingerprint density at radius 3 is 2.43 bits per heavy atom. The summed E-state index contributed by atoms with van der Waals surface area (Å²) in [7, 11) is 1.69. The van der Waals surface area contributed by atoms with E-state index in [1.165, 1.54) is 18.4 Å². The highest BCUT2D eigenvalue weighted by atomic mass is 79.9. The number of anilines is 1. The first-order valence-electron chi connectivity index (χ1n) is 7.01. The zero-order chi connectivity index (χ0) is 14.8. The van der Waals surface area contributed by atoms with Crippen LogP contribution in [0, 0.1) is 0 Å². The van der Waals surface area contributed by atoms with Crippen LogP contribution in [0.1, 0.15) is 24.3 Å². The predicted octanol–water partition coefficient (Wildman–Crippen LogP) is 5.58. The molecule has 0 aliphatic heterocycles. The molecular weight excluding hydrogens is 394 g/mol. The fourth-order valence-corrected chi connectivity index (χ4v) is 3.40. The minimum Gasteiger partial charge on any atom is -0.495 e. The number of hydrogen-bond donors (Lipinski definition) is 1. The largest absolute Gasteiger partial charge is 0.495 e. The molecule has 1 N–H and O–H groups in total. The highest BCUT2D eigenvalue weighted by Crippen LogP contribution is 2.39. The van der Waals surface area contributed by atoms with Crippen LogP contribution in [0.25, 0.3) is 0 Å². The third-order valence-electron chi connectivity index (χ3n) is 4.00. The maximum absolute atomic E-state index is 5.33. The van der Waals surface area contributed by atoms with Gasteiger partial charge in [0.1, 0.15) is 5.75 Å². The second-order valence-corrected chi connectivity index (χ2v) is 7.18.